The van der Waals surface area contributed by atoms with Gasteiger partial charge in [-0.2, -0.15) is 0 Å². The molecule has 1 N–H and O–H groups in total. The molecule has 0 aliphatic carbocycles. The number of nitrogens with zero attached hydrogens (tertiary/aromatic N) is 1. The molecule has 27 heavy (non-hydrogen) atoms. The second kappa shape index (κ2) is 7.59. The van der Waals surface area contributed by atoms with E-state index in [2.05, 4.69) is 5.32 Å². The number of imide groups is 1. The molecule has 0 unspecified atom stereocenters. The number of hydrogen-bond acceptors (Lipinski definition) is 5. The van der Waals surface area contributed by atoms with Crippen molar-refractivity contribution >= 4 is 41.0 Å². The predicted octanol–water partition coefficient (Wildman–Crippen LogP) is 2.51. The number of halogens is 1. The minimum absolute atomic E-state index is 0.240. The van der Waals surface area contributed by atoms with Gasteiger partial charge in [-0.3, -0.25) is 24.1 Å². The Labute approximate surface area is 159 Å². The van der Waals surface area contributed by atoms with Gasteiger partial charge in [-0.25, -0.2) is 0 Å². The largest absolute Gasteiger partial charge is 0.451 e. The van der Waals surface area contributed by atoms with Crippen LogP contribution in [0.4, 0.5) is 5.69 Å². The maximum absolute atomic E-state index is 12.2. The fourth-order valence-corrected chi connectivity index (χ4v) is 2.70. The highest BCUT2D eigenvalue weighted by atomic mass is 35.5. The van der Waals surface area contributed by atoms with E-state index >= 15 is 0 Å². The third kappa shape index (κ3) is 3.98. The summed E-state index contributed by atoms with van der Waals surface area (Å²) in [6, 6.07) is 12.7. The molecular weight excluding hydrogens is 372 g/mol. The third-order valence-corrected chi connectivity index (χ3v) is 4.21. The molecule has 0 saturated heterocycles. The maximum Gasteiger partial charge on any atom is 0.326 e. The Hall–Kier alpha value is -3.19. The van der Waals surface area contributed by atoms with E-state index in [9.17, 15) is 19.2 Å². The normalized spacial score (nSPS) is 13.9. The highest BCUT2D eigenvalue weighted by Crippen LogP contribution is 2.22. The first-order valence-corrected chi connectivity index (χ1v) is 8.46. The number of fused-ring (bicyclic) bond motifs is 1. The van der Waals surface area contributed by atoms with E-state index in [-0.39, 0.29) is 11.1 Å². The van der Waals surface area contributed by atoms with Gasteiger partial charge in [-0.15, -0.1) is 0 Å². The predicted molar refractivity (Wildman–Crippen MR) is 97.4 cm³/mol. The first kappa shape index (κ1) is 18.6. The topological polar surface area (TPSA) is 92.8 Å². The van der Waals surface area contributed by atoms with Crippen LogP contribution in [0.2, 0.25) is 5.02 Å². The number of benzene rings is 2. The quantitative estimate of drug-likeness (QED) is 0.629. The fraction of sp³-hybridized carbons (Fsp3) is 0.158. The average Bonchev–Trinajstić information content (AvgIpc) is 2.89. The Bertz CT molecular complexity index is 891. The second-order valence-corrected chi connectivity index (χ2v) is 6.31. The van der Waals surface area contributed by atoms with Crippen LogP contribution in [-0.2, 0) is 14.3 Å². The Kier molecular flexibility index (Phi) is 5.23. The molecule has 1 heterocycles. The lowest BCUT2D eigenvalue weighted by Gasteiger charge is -2.16. The Morgan fingerprint density at radius 3 is 2.15 bits per heavy atom. The first-order valence-electron chi connectivity index (χ1n) is 8.08. The number of ether oxygens (including phenoxy) is 1. The summed E-state index contributed by atoms with van der Waals surface area (Å²) >= 11 is 5.78. The van der Waals surface area contributed by atoms with Crippen molar-refractivity contribution < 1.29 is 23.9 Å². The lowest BCUT2D eigenvalue weighted by atomic mass is 10.1. The Balaban J connectivity index is 1.57. The Morgan fingerprint density at radius 2 is 1.59 bits per heavy atom. The summed E-state index contributed by atoms with van der Waals surface area (Å²) in [7, 11) is 0. The minimum atomic E-state index is -1.11. The number of rotatable bonds is 5. The molecule has 0 saturated carbocycles. The van der Waals surface area contributed by atoms with Gasteiger partial charge in [0.05, 0.1) is 11.1 Å². The fourth-order valence-electron chi connectivity index (χ4n) is 2.58. The molecule has 3 rings (SSSR count). The zero-order valence-corrected chi connectivity index (χ0v) is 15.0. The van der Waals surface area contributed by atoms with Gasteiger partial charge in [0.2, 0.25) is 0 Å². The molecule has 1 atom stereocenters. The van der Waals surface area contributed by atoms with Crippen molar-refractivity contribution in [3.8, 4) is 0 Å². The van der Waals surface area contributed by atoms with E-state index in [1.807, 2.05) is 0 Å². The van der Waals surface area contributed by atoms with Crippen LogP contribution in [0.1, 0.15) is 27.6 Å². The van der Waals surface area contributed by atoms with Crippen molar-refractivity contribution in [2.24, 2.45) is 0 Å². The monoisotopic (exact) mass is 386 g/mol. The average molecular weight is 387 g/mol. The number of amides is 3. The summed E-state index contributed by atoms with van der Waals surface area (Å²) in [5.74, 6) is -2.53. The smallest absolute Gasteiger partial charge is 0.326 e. The van der Waals surface area contributed by atoms with Gasteiger partial charge in [-0.1, -0.05) is 23.7 Å². The molecule has 2 aromatic carbocycles. The molecule has 1 aliphatic heterocycles. The van der Waals surface area contributed by atoms with E-state index < -0.39 is 36.3 Å². The van der Waals surface area contributed by atoms with E-state index in [1.54, 1.807) is 36.4 Å². The van der Waals surface area contributed by atoms with Gasteiger partial charge >= 0.3 is 5.97 Å². The standard InChI is InChI=1S/C19H15ClN2O5/c1-11(17(24)21-13-8-6-12(20)7-9-13)27-16(23)10-22-18(25)14-4-2-3-5-15(14)19(22)26/h2-9,11H,10H2,1H3,(H,21,24)/t11-/m0/s1. The molecule has 0 radical (unpaired) electrons. The first-order chi connectivity index (χ1) is 12.9. The number of esters is 1. The van der Waals surface area contributed by atoms with Crippen LogP contribution in [-0.4, -0.2) is 41.2 Å². The van der Waals surface area contributed by atoms with E-state index in [4.69, 9.17) is 16.3 Å². The Morgan fingerprint density at radius 1 is 1.04 bits per heavy atom. The van der Waals surface area contributed by atoms with Crippen LogP contribution in [0, 0.1) is 0 Å². The summed E-state index contributed by atoms with van der Waals surface area (Å²) in [6.07, 6.45) is -1.11. The molecule has 0 fully saturated rings. The van der Waals surface area contributed by atoms with Crippen molar-refractivity contribution in [2.75, 3.05) is 11.9 Å². The van der Waals surface area contributed by atoms with Gasteiger partial charge in [-0.05, 0) is 43.3 Å². The van der Waals surface area contributed by atoms with E-state index in [0.29, 0.717) is 10.7 Å². The van der Waals surface area contributed by atoms with Gasteiger partial charge in [0, 0.05) is 10.7 Å². The van der Waals surface area contributed by atoms with Crippen LogP contribution in [0.5, 0.6) is 0 Å². The van der Waals surface area contributed by atoms with Crippen LogP contribution >= 0.6 is 11.6 Å². The number of hydrogen-bond donors (Lipinski definition) is 1. The van der Waals surface area contributed by atoms with Crippen molar-refractivity contribution in [1.82, 2.24) is 4.90 Å². The SMILES string of the molecule is C[C@H](OC(=O)CN1C(=O)c2ccccc2C1=O)C(=O)Nc1ccc(Cl)cc1. The molecule has 3 amide bonds. The lowest BCUT2D eigenvalue weighted by Crippen LogP contribution is -2.38. The maximum atomic E-state index is 12.2. The highest BCUT2D eigenvalue weighted by molar-refractivity contribution is 6.30. The molecule has 1 aliphatic rings. The molecule has 8 heteroatoms. The molecule has 0 aromatic heterocycles. The van der Waals surface area contributed by atoms with E-state index in [0.717, 1.165) is 4.90 Å². The summed E-state index contributed by atoms with van der Waals surface area (Å²) < 4.78 is 5.04. The van der Waals surface area contributed by atoms with Crippen molar-refractivity contribution in [3.63, 3.8) is 0 Å². The summed E-state index contributed by atoms with van der Waals surface area (Å²) in [6.45, 7) is 0.830. The molecule has 0 bridgehead atoms. The van der Waals surface area contributed by atoms with Gasteiger partial charge < -0.3 is 10.1 Å². The molecular formula is C19H15ClN2O5. The van der Waals surface area contributed by atoms with Crippen molar-refractivity contribution in [2.45, 2.75) is 13.0 Å². The van der Waals surface area contributed by atoms with Gasteiger partial charge in [0.15, 0.2) is 6.10 Å². The molecule has 7 nitrogen and oxygen atoms in total. The summed E-state index contributed by atoms with van der Waals surface area (Å²) in [5, 5.41) is 3.10. The van der Waals surface area contributed by atoms with Crippen LogP contribution in [0.3, 0.4) is 0 Å². The number of carbonyl (C=O) groups excluding carboxylic acids is 4. The third-order valence-electron chi connectivity index (χ3n) is 3.95. The molecule has 2 aromatic rings. The number of anilines is 1. The van der Waals surface area contributed by atoms with Gasteiger partial charge in [0.25, 0.3) is 17.7 Å². The van der Waals surface area contributed by atoms with Crippen LogP contribution in [0.25, 0.3) is 0 Å². The summed E-state index contributed by atoms with van der Waals surface area (Å²) in [4.78, 5) is 49.5. The molecule has 0 spiro atoms. The highest BCUT2D eigenvalue weighted by Gasteiger charge is 2.37. The number of nitrogens with one attached hydrogen (secondary N) is 1. The van der Waals surface area contributed by atoms with Crippen molar-refractivity contribution in [3.05, 3.63) is 64.7 Å². The zero-order valence-electron chi connectivity index (χ0n) is 14.3. The number of carbonyl (C=O) groups is 4. The van der Waals surface area contributed by atoms with Gasteiger partial charge in [0.1, 0.15) is 6.54 Å². The van der Waals surface area contributed by atoms with Crippen molar-refractivity contribution in [1.29, 1.82) is 0 Å². The lowest BCUT2D eigenvalue weighted by molar-refractivity contribution is -0.153. The molecule has 138 valence electrons. The zero-order chi connectivity index (χ0) is 19.6. The van der Waals surface area contributed by atoms with Crippen LogP contribution in [0.15, 0.2) is 48.5 Å². The minimum Gasteiger partial charge on any atom is -0.451 e. The summed E-state index contributed by atoms with van der Waals surface area (Å²) in [5.41, 5.74) is 0.973. The van der Waals surface area contributed by atoms with E-state index in [1.165, 1.54) is 19.1 Å². The second-order valence-electron chi connectivity index (χ2n) is 5.87. The van der Waals surface area contributed by atoms with Crippen LogP contribution < -0.4 is 5.32 Å².